The molecule has 1 amide bonds. The summed E-state index contributed by atoms with van der Waals surface area (Å²) in [6.45, 7) is 3.09. The molecule has 2 aromatic rings. The molecular weight excluding hydrogens is 289 g/mol. The summed E-state index contributed by atoms with van der Waals surface area (Å²) in [4.78, 5) is 16.3. The molecule has 0 aliphatic heterocycles. The Morgan fingerprint density at radius 3 is 2.95 bits per heavy atom. The summed E-state index contributed by atoms with van der Waals surface area (Å²) in [6.07, 6.45) is 1.53. The predicted octanol–water partition coefficient (Wildman–Crippen LogP) is 3.08. The third-order valence-corrected chi connectivity index (χ3v) is 3.60. The second kappa shape index (κ2) is 7.73. The van der Waals surface area contributed by atoms with Crippen LogP contribution >= 0.6 is 11.3 Å². The minimum atomic E-state index is -0.407. The van der Waals surface area contributed by atoms with Gasteiger partial charge in [-0.2, -0.15) is 0 Å². The van der Waals surface area contributed by atoms with Gasteiger partial charge in [0, 0.05) is 24.9 Å². The number of benzene rings is 1. The van der Waals surface area contributed by atoms with E-state index in [9.17, 15) is 9.18 Å². The van der Waals surface area contributed by atoms with Crippen LogP contribution < -0.4 is 10.6 Å². The summed E-state index contributed by atoms with van der Waals surface area (Å²) in [5.41, 5.74) is 3.31. The number of amides is 1. The molecule has 0 saturated heterocycles. The Hall–Kier alpha value is -1.95. The summed E-state index contributed by atoms with van der Waals surface area (Å²) in [7, 11) is 0. The van der Waals surface area contributed by atoms with E-state index < -0.39 is 5.82 Å². The molecule has 21 heavy (non-hydrogen) atoms. The highest BCUT2D eigenvalue weighted by molar-refractivity contribution is 7.07. The first kappa shape index (κ1) is 15.4. The number of nitrogens with one attached hydrogen (secondary N) is 2. The minimum Gasteiger partial charge on any atom is -0.382 e. The van der Waals surface area contributed by atoms with Crippen LogP contribution in [-0.4, -0.2) is 24.0 Å². The molecule has 0 radical (unpaired) electrons. The van der Waals surface area contributed by atoms with Crippen molar-refractivity contribution in [3.8, 4) is 0 Å². The number of anilines is 1. The number of para-hydroxylation sites is 1. The first-order valence-electron chi connectivity index (χ1n) is 6.90. The van der Waals surface area contributed by atoms with Crippen LogP contribution in [0.5, 0.6) is 0 Å². The monoisotopic (exact) mass is 307 g/mol. The zero-order valence-electron chi connectivity index (χ0n) is 11.9. The van der Waals surface area contributed by atoms with E-state index in [1.165, 1.54) is 17.4 Å². The fourth-order valence-electron chi connectivity index (χ4n) is 1.90. The summed E-state index contributed by atoms with van der Waals surface area (Å²) in [6, 6.07) is 4.52. The van der Waals surface area contributed by atoms with Gasteiger partial charge in [0.2, 0.25) is 0 Å². The average Bonchev–Trinajstić information content (AvgIpc) is 2.99. The van der Waals surface area contributed by atoms with E-state index in [2.05, 4.69) is 15.6 Å². The van der Waals surface area contributed by atoms with Gasteiger partial charge in [0.05, 0.1) is 22.5 Å². The van der Waals surface area contributed by atoms with Crippen molar-refractivity contribution in [2.24, 2.45) is 0 Å². The summed E-state index contributed by atoms with van der Waals surface area (Å²) >= 11 is 1.52. The number of thiazole rings is 1. The van der Waals surface area contributed by atoms with Gasteiger partial charge < -0.3 is 10.6 Å². The van der Waals surface area contributed by atoms with Crippen molar-refractivity contribution in [1.29, 1.82) is 0 Å². The van der Waals surface area contributed by atoms with Crippen molar-refractivity contribution in [2.45, 2.75) is 19.8 Å². The van der Waals surface area contributed by atoms with E-state index in [1.54, 1.807) is 17.6 Å². The molecule has 4 nitrogen and oxygen atoms in total. The molecule has 1 aromatic carbocycles. The Kier molecular flexibility index (Phi) is 5.68. The van der Waals surface area contributed by atoms with Gasteiger partial charge in [-0.15, -0.1) is 11.3 Å². The molecule has 1 aromatic heterocycles. The van der Waals surface area contributed by atoms with Gasteiger partial charge in [0.1, 0.15) is 5.82 Å². The number of carbonyl (C=O) groups excluding carboxylic acids is 1. The lowest BCUT2D eigenvalue weighted by atomic mass is 10.1. The van der Waals surface area contributed by atoms with Gasteiger partial charge in [-0.3, -0.25) is 4.79 Å². The van der Waals surface area contributed by atoms with Crippen molar-refractivity contribution in [1.82, 2.24) is 10.3 Å². The molecule has 0 unspecified atom stereocenters. The number of nitrogens with zero attached hydrogens (tertiary/aromatic N) is 1. The quantitative estimate of drug-likeness (QED) is 0.826. The van der Waals surface area contributed by atoms with E-state index in [0.717, 1.165) is 12.1 Å². The smallest absolute Gasteiger partial charge is 0.253 e. The molecule has 0 aliphatic rings. The van der Waals surface area contributed by atoms with Gasteiger partial charge in [-0.05, 0) is 18.6 Å². The van der Waals surface area contributed by atoms with Gasteiger partial charge >= 0.3 is 0 Å². The van der Waals surface area contributed by atoms with Crippen LogP contribution in [-0.2, 0) is 6.42 Å². The zero-order chi connectivity index (χ0) is 15.1. The lowest BCUT2D eigenvalue weighted by Gasteiger charge is -2.12. The molecule has 6 heteroatoms. The highest BCUT2D eigenvalue weighted by Gasteiger charge is 2.14. The Bertz CT molecular complexity index is 587. The lowest BCUT2D eigenvalue weighted by Crippen LogP contribution is -2.27. The largest absolute Gasteiger partial charge is 0.382 e. The van der Waals surface area contributed by atoms with Gasteiger partial charge in [-0.1, -0.05) is 13.0 Å². The number of halogens is 1. The van der Waals surface area contributed by atoms with Gasteiger partial charge in [0.25, 0.3) is 5.91 Å². The summed E-state index contributed by atoms with van der Waals surface area (Å²) < 4.78 is 13.8. The van der Waals surface area contributed by atoms with Crippen LogP contribution in [0.25, 0.3) is 0 Å². The molecule has 0 spiro atoms. The van der Waals surface area contributed by atoms with Gasteiger partial charge in [-0.25, -0.2) is 9.37 Å². The Morgan fingerprint density at radius 1 is 1.38 bits per heavy atom. The fraction of sp³-hybridized carbons (Fsp3) is 0.333. The fourth-order valence-corrected chi connectivity index (χ4v) is 2.50. The van der Waals surface area contributed by atoms with Crippen LogP contribution in [0.2, 0.25) is 0 Å². The highest BCUT2D eigenvalue weighted by Crippen LogP contribution is 2.19. The molecule has 0 aliphatic carbocycles. The second-order valence-electron chi connectivity index (χ2n) is 4.57. The van der Waals surface area contributed by atoms with E-state index in [1.807, 2.05) is 12.3 Å². The van der Waals surface area contributed by atoms with Gasteiger partial charge in [0.15, 0.2) is 0 Å². The zero-order valence-corrected chi connectivity index (χ0v) is 12.7. The molecule has 0 fully saturated rings. The van der Waals surface area contributed by atoms with Crippen molar-refractivity contribution >= 4 is 22.9 Å². The summed E-state index contributed by atoms with van der Waals surface area (Å²) in [5, 5.41) is 7.72. The normalized spacial score (nSPS) is 10.4. The molecule has 112 valence electrons. The van der Waals surface area contributed by atoms with E-state index in [4.69, 9.17) is 0 Å². The number of hydrogen-bond donors (Lipinski definition) is 2. The van der Waals surface area contributed by atoms with Crippen LogP contribution in [0.15, 0.2) is 29.1 Å². The van der Waals surface area contributed by atoms with Crippen molar-refractivity contribution in [2.75, 3.05) is 18.4 Å². The maximum absolute atomic E-state index is 13.8. The SMILES string of the molecule is CCCNc1c(F)cccc1C(=O)NCCc1cscn1. The summed E-state index contributed by atoms with van der Waals surface area (Å²) in [5.74, 6) is -0.682. The van der Waals surface area contributed by atoms with E-state index >= 15 is 0 Å². The molecule has 0 bridgehead atoms. The number of aromatic nitrogens is 1. The number of carbonyl (C=O) groups is 1. The first-order valence-corrected chi connectivity index (χ1v) is 7.84. The number of rotatable bonds is 7. The van der Waals surface area contributed by atoms with Crippen molar-refractivity contribution in [3.05, 3.63) is 46.2 Å². The third kappa shape index (κ3) is 4.26. The van der Waals surface area contributed by atoms with Crippen LogP contribution in [0, 0.1) is 5.82 Å². The first-order chi connectivity index (χ1) is 10.2. The Balaban J connectivity index is 1.99. The van der Waals surface area contributed by atoms with Crippen molar-refractivity contribution < 1.29 is 9.18 Å². The Morgan fingerprint density at radius 2 is 2.24 bits per heavy atom. The molecule has 2 N–H and O–H groups in total. The second-order valence-corrected chi connectivity index (χ2v) is 5.29. The van der Waals surface area contributed by atoms with Crippen LogP contribution in [0.3, 0.4) is 0 Å². The van der Waals surface area contributed by atoms with Crippen LogP contribution in [0.1, 0.15) is 29.4 Å². The molecular formula is C15H18FN3OS. The minimum absolute atomic E-state index is 0.269. The maximum Gasteiger partial charge on any atom is 0.253 e. The lowest BCUT2D eigenvalue weighted by molar-refractivity contribution is 0.0954. The molecule has 2 rings (SSSR count). The van der Waals surface area contributed by atoms with Crippen LogP contribution in [0.4, 0.5) is 10.1 Å². The molecule has 1 heterocycles. The molecule has 0 atom stereocenters. The predicted molar refractivity (Wildman–Crippen MR) is 83.3 cm³/mol. The molecule has 0 saturated carbocycles. The van der Waals surface area contributed by atoms with E-state index in [-0.39, 0.29) is 11.6 Å². The maximum atomic E-state index is 13.8. The Labute approximate surface area is 127 Å². The number of hydrogen-bond acceptors (Lipinski definition) is 4. The highest BCUT2D eigenvalue weighted by atomic mass is 32.1. The topological polar surface area (TPSA) is 54.0 Å². The van der Waals surface area contributed by atoms with Crippen molar-refractivity contribution in [3.63, 3.8) is 0 Å². The standard InChI is InChI=1S/C15H18FN3OS/c1-2-7-17-14-12(4-3-5-13(14)16)15(20)18-8-6-11-9-21-10-19-11/h3-5,9-10,17H,2,6-8H2,1H3,(H,18,20). The third-order valence-electron chi connectivity index (χ3n) is 2.96. The van der Waals surface area contributed by atoms with E-state index in [0.29, 0.717) is 25.1 Å². The average molecular weight is 307 g/mol.